The molecule has 0 radical (unpaired) electrons. The van der Waals surface area contributed by atoms with Crippen molar-refractivity contribution in [3.8, 4) is 0 Å². The molecule has 0 unspecified atom stereocenters. The number of aromatic amines is 1. The molecule has 4 rings (SSSR count). The zero-order valence-corrected chi connectivity index (χ0v) is 15.7. The molecule has 3 heterocycles. The zero-order chi connectivity index (χ0) is 18.3. The Labute approximate surface area is 152 Å². The summed E-state index contributed by atoms with van der Waals surface area (Å²) in [4.78, 5) is 21.5. The van der Waals surface area contributed by atoms with E-state index in [0.29, 0.717) is 42.9 Å². The second-order valence-corrected chi connectivity index (χ2v) is 7.72. The topological polar surface area (TPSA) is 91.1 Å². The van der Waals surface area contributed by atoms with E-state index in [1.807, 2.05) is 30.8 Å². The van der Waals surface area contributed by atoms with Crippen molar-refractivity contribution in [3.05, 3.63) is 28.7 Å². The Morgan fingerprint density at radius 3 is 2.62 bits per heavy atom. The van der Waals surface area contributed by atoms with Gasteiger partial charge in [0.25, 0.3) is 5.91 Å². The summed E-state index contributed by atoms with van der Waals surface area (Å²) in [6.07, 6.45) is 4.20. The molecule has 1 saturated carbocycles. The monoisotopic (exact) mass is 358 g/mol. The smallest absolute Gasteiger partial charge is 0.276 e. The van der Waals surface area contributed by atoms with Crippen LogP contribution in [0, 0.1) is 6.92 Å². The van der Waals surface area contributed by atoms with Gasteiger partial charge in [0.15, 0.2) is 11.5 Å². The number of aryl methyl sites for hydroxylation is 1. The van der Waals surface area contributed by atoms with Crippen LogP contribution in [-0.4, -0.2) is 63.2 Å². The van der Waals surface area contributed by atoms with Crippen LogP contribution in [0.15, 0.2) is 4.52 Å². The van der Waals surface area contributed by atoms with Crippen molar-refractivity contribution >= 4 is 5.91 Å². The first kappa shape index (κ1) is 17.2. The van der Waals surface area contributed by atoms with E-state index in [0.717, 1.165) is 30.1 Å². The van der Waals surface area contributed by atoms with Crippen molar-refractivity contribution in [3.63, 3.8) is 0 Å². The summed E-state index contributed by atoms with van der Waals surface area (Å²) in [6.45, 7) is 3.91. The highest BCUT2D eigenvalue weighted by molar-refractivity contribution is 5.93. The van der Waals surface area contributed by atoms with Gasteiger partial charge in [-0.25, -0.2) is 4.98 Å². The summed E-state index contributed by atoms with van der Waals surface area (Å²) < 4.78 is 5.28. The van der Waals surface area contributed by atoms with Crippen molar-refractivity contribution in [1.82, 2.24) is 30.1 Å². The van der Waals surface area contributed by atoms with Gasteiger partial charge in [0.2, 0.25) is 0 Å². The molecule has 8 nitrogen and oxygen atoms in total. The van der Waals surface area contributed by atoms with Gasteiger partial charge >= 0.3 is 0 Å². The van der Waals surface area contributed by atoms with Gasteiger partial charge in [-0.05, 0) is 46.7 Å². The predicted molar refractivity (Wildman–Crippen MR) is 94.9 cm³/mol. The molecule has 1 aliphatic carbocycles. The molecule has 1 aliphatic heterocycles. The summed E-state index contributed by atoms with van der Waals surface area (Å²) in [7, 11) is 3.94. The van der Waals surface area contributed by atoms with Gasteiger partial charge in [-0.2, -0.15) is 5.10 Å². The Morgan fingerprint density at radius 2 is 1.96 bits per heavy atom. The van der Waals surface area contributed by atoms with Gasteiger partial charge in [-0.3, -0.25) is 9.89 Å². The highest BCUT2D eigenvalue weighted by Crippen LogP contribution is 2.38. The summed E-state index contributed by atoms with van der Waals surface area (Å²) in [5.74, 6) is 3.53. The molecule has 0 bridgehead atoms. The first-order valence-electron chi connectivity index (χ1n) is 9.34. The quantitative estimate of drug-likeness (QED) is 0.880. The number of amides is 1. The fourth-order valence-electron chi connectivity index (χ4n) is 3.56. The average Bonchev–Trinajstić information content (AvgIpc) is 3.26. The van der Waals surface area contributed by atoms with E-state index in [1.54, 1.807) is 0 Å². The molecule has 2 aromatic rings. The van der Waals surface area contributed by atoms with Crippen LogP contribution in [0.25, 0.3) is 0 Å². The Bertz CT molecular complexity index is 783. The fraction of sp³-hybridized carbons (Fsp3) is 0.667. The second-order valence-electron chi connectivity index (χ2n) is 7.72. The summed E-state index contributed by atoms with van der Waals surface area (Å²) in [6, 6.07) is 0. The van der Waals surface area contributed by atoms with Gasteiger partial charge in [-0.15, -0.1) is 0 Å². The van der Waals surface area contributed by atoms with Gasteiger partial charge in [0.05, 0.1) is 0 Å². The minimum Gasteiger partial charge on any atom is -0.361 e. The Kier molecular flexibility index (Phi) is 4.52. The molecule has 1 N–H and O–H groups in total. The van der Waals surface area contributed by atoms with E-state index in [-0.39, 0.29) is 5.91 Å². The molecule has 1 amide bonds. The van der Waals surface area contributed by atoms with Crippen LogP contribution >= 0.6 is 0 Å². The predicted octanol–water partition coefficient (Wildman–Crippen LogP) is 2.06. The minimum atomic E-state index is -0.0339. The Morgan fingerprint density at radius 1 is 1.23 bits per heavy atom. The number of rotatable bonds is 5. The lowest BCUT2D eigenvalue weighted by molar-refractivity contribution is 0.0699. The van der Waals surface area contributed by atoms with Crippen LogP contribution in [0.2, 0.25) is 0 Å². The maximum atomic E-state index is 12.9. The van der Waals surface area contributed by atoms with Crippen LogP contribution in [0.3, 0.4) is 0 Å². The summed E-state index contributed by atoms with van der Waals surface area (Å²) in [5.41, 5.74) is 1.33. The molecular weight excluding hydrogens is 332 g/mol. The molecule has 2 aliphatic rings. The molecule has 2 aromatic heterocycles. The van der Waals surface area contributed by atoms with Crippen molar-refractivity contribution in [2.75, 3.05) is 27.2 Å². The molecule has 0 aromatic carbocycles. The van der Waals surface area contributed by atoms with E-state index >= 15 is 0 Å². The van der Waals surface area contributed by atoms with Gasteiger partial charge in [0.1, 0.15) is 11.6 Å². The molecule has 0 spiro atoms. The Balaban J connectivity index is 1.40. The van der Waals surface area contributed by atoms with Crippen molar-refractivity contribution in [1.29, 1.82) is 0 Å². The number of aromatic nitrogens is 4. The standard InChI is InChI=1S/C18H26N6O2/c1-11-14(10-23(2)3)15(22-26-11)18(25)24-8-6-13(7-9-24)17-19-16(20-21-17)12-4-5-12/h12-13H,4-10H2,1-3H3,(H,19,20,21). The Hall–Kier alpha value is -2.22. The van der Waals surface area contributed by atoms with Gasteiger partial charge < -0.3 is 14.3 Å². The number of likely N-dealkylation sites (tertiary alicyclic amines) is 1. The van der Waals surface area contributed by atoms with E-state index in [9.17, 15) is 4.79 Å². The highest BCUT2D eigenvalue weighted by Gasteiger charge is 2.32. The molecular formula is C18H26N6O2. The van der Waals surface area contributed by atoms with Crippen molar-refractivity contribution < 1.29 is 9.32 Å². The first-order valence-corrected chi connectivity index (χ1v) is 9.34. The lowest BCUT2D eigenvalue weighted by Gasteiger charge is -2.30. The largest absolute Gasteiger partial charge is 0.361 e. The number of nitrogens with one attached hydrogen (secondary N) is 1. The molecule has 1 saturated heterocycles. The maximum Gasteiger partial charge on any atom is 0.276 e. The third-order valence-corrected chi connectivity index (χ3v) is 5.29. The van der Waals surface area contributed by atoms with Gasteiger partial charge in [0, 0.05) is 37.0 Å². The lowest BCUT2D eigenvalue weighted by Crippen LogP contribution is -2.38. The van der Waals surface area contributed by atoms with Crippen molar-refractivity contribution in [2.45, 2.75) is 51.0 Å². The lowest BCUT2D eigenvalue weighted by atomic mass is 9.95. The summed E-state index contributed by atoms with van der Waals surface area (Å²) in [5, 5.41) is 11.5. The van der Waals surface area contributed by atoms with Crippen LogP contribution < -0.4 is 0 Å². The van der Waals surface area contributed by atoms with E-state index in [1.165, 1.54) is 12.8 Å². The number of H-pyrrole nitrogens is 1. The third kappa shape index (κ3) is 3.38. The molecule has 8 heteroatoms. The second kappa shape index (κ2) is 6.83. The summed E-state index contributed by atoms with van der Waals surface area (Å²) >= 11 is 0. The third-order valence-electron chi connectivity index (χ3n) is 5.29. The molecule has 2 fully saturated rings. The minimum absolute atomic E-state index is 0.0339. The SMILES string of the molecule is Cc1onc(C(=O)N2CCC(c3nc(C4CC4)n[nH]3)CC2)c1CN(C)C. The van der Waals surface area contributed by atoms with Crippen molar-refractivity contribution in [2.24, 2.45) is 0 Å². The number of carbonyl (C=O) groups excluding carboxylic acids is 1. The van der Waals surface area contributed by atoms with Crippen LogP contribution in [-0.2, 0) is 6.54 Å². The molecule has 26 heavy (non-hydrogen) atoms. The number of nitrogens with zero attached hydrogens (tertiary/aromatic N) is 5. The average molecular weight is 358 g/mol. The maximum absolute atomic E-state index is 12.9. The molecule has 0 atom stereocenters. The normalized spacial score (nSPS) is 18.7. The number of piperidine rings is 1. The molecule has 140 valence electrons. The van der Waals surface area contributed by atoms with E-state index < -0.39 is 0 Å². The number of carbonyl (C=O) groups is 1. The number of hydrogen-bond donors (Lipinski definition) is 1. The van der Waals surface area contributed by atoms with Crippen LogP contribution in [0.5, 0.6) is 0 Å². The fourth-order valence-corrected chi connectivity index (χ4v) is 3.56. The van der Waals surface area contributed by atoms with Crippen LogP contribution in [0.4, 0.5) is 0 Å². The zero-order valence-electron chi connectivity index (χ0n) is 15.7. The van der Waals surface area contributed by atoms with E-state index in [2.05, 4.69) is 20.3 Å². The van der Waals surface area contributed by atoms with Crippen LogP contribution in [0.1, 0.15) is 71.0 Å². The highest BCUT2D eigenvalue weighted by atomic mass is 16.5. The van der Waals surface area contributed by atoms with E-state index in [4.69, 9.17) is 4.52 Å². The van der Waals surface area contributed by atoms with Gasteiger partial charge in [-0.1, -0.05) is 5.16 Å². The first-order chi connectivity index (χ1) is 12.5. The number of hydrogen-bond acceptors (Lipinski definition) is 6.